The second-order valence-electron chi connectivity index (χ2n) is 2.93. The highest BCUT2D eigenvalue weighted by Gasteiger charge is 2.00. The Morgan fingerprint density at radius 1 is 1.33 bits per heavy atom. The van der Waals surface area contributed by atoms with Gasteiger partial charge in [0.1, 0.15) is 11.5 Å². The third-order valence-corrected chi connectivity index (χ3v) is 1.29. The number of aromatic hydroxyl groups is 1. The zero-order valence-electron chi connectivity index (χ0n) is 7.24. The van der Waals surface area contributed by atoms with Crippen molar-refractivity contribution in [1.29, 1.82) is 0 Å². The smallest absolute Gasteiger partial charge is 0.125 e. The molecule has 0 bridgehead atoms. The Morgan fingerprint density at radius 3 is 2.50 bits per heavy atom. The first-order valence-electron chi connectivity index (χ1n) is 3.84. The summed E-state index contributed by atoms with van der Waals surface area (Å²) in [6.45, 7) is 3.83. The number of benzene rings is 1. The van der Waals surface area contributed by atoms with Crippen molar-refractivity contribution in [1.82, 2.24) is 0 Å². The quantitative estimate of drug-likeness (QED) is 0.660. The molecule has 1 rings (SSSR count). The van der Waals surface area contributed by atoms with Crippen LogP contribution in [0.3, 0.4) is 0 Å². The molecule has 66 valence electrons. The summed E-state index contributed by atoms with van der Waals surface area (Å²) in [4.78, 5) is 0. The minimum atomic E-state index is 0.0891. The first-order valence-corrected chi connectivity index (χ1v) is 3.84. The Hall–Kier alpha value is -1.38. The highest BCUT2D eigenvalue weighted by molar-refractivity contribution is 5.49. The van der Waals surface area contributed by atoms with Crippen LogP contribution in [0.1, 0.15) is 13.8 Å². The van der Waals surface area contributed by atoms with Gasteiger partial charge in [0.15, 0.2) is 0 Å². The van der Waals surface area contributed by atoms with Crippen LogP contribution in [0.25, 0.3) is 0 Å². The van der Waals surface area contributed by atoms with E-state index in [4.69, 9.17) is 15.6 Å². The van der Waals surface area contributed by atoms with E-state index in [0.29, 0.717) is 11.4 Å². The van der Waals surface area contributed by atoms with Crippen LogP contribution in [0.4, 0.5) is 5.69 Å². The van der Waals surface area contributed by atoms with E-state index >= 15 is 0 Å². The lowest BCUT2D eigenvalue weighted by atomic mass is 10.3. The molecule has 3 N–H and O–H groups in total. The molecule has 0 spiro atoms. The fourth-order valence-electron chi connectivity index (χ4n) is 0.946. The highest BCUT2D eigenvalue weighted by Crippen LogP contribution is 2.23. The second kappa shape index (κ2) is 3.34. The second-order valence-corrected chi connectivity index (χ2v) is 2.93. The Morgan fingerprint density at radius 2 is 2.00 bits per heavy atom. The van der Waals surface area contributed by atoms with E-state index in [1.165, 1.54) is 12.1 Å². The molecular formula is C9H13NO2. The van der Waals surface area contributed by atoms with Gasteiger partial charge in [-0.2, -0.15) is 0 Å². The number of anilines is 1. The number of ether oxygens (including phenoxy) is 1. The van der Waals surface area contributed by atoms with Crippen molar-refractivity contribution in [3.05, 3.63) is 18.2 Å². The standard InChI is InChI=1S/C9H13NO2/c1-6(2)12-9-4-7(10)3-8(11)5-9/h3-6,11H,10H2,1-2H3. The average Bonchev–Trinajstić information content (AvgIpc) is 1.81. The molecule has 0 heterocycles. The summed E-state index contributed by atoms with van der Waals surface area (Å²) in [5.74, 6) is 0.730. The number of phenolic OH excluding ortho intramolecular Hbond substituents is 1. The van der Waals surface area contributed by atoms with Gasteiger partial charge in [-0.1, -0.05) is 0 Å². The van der Waals surface area contributed by atoms with Crippen molar-refractivity contribution >= 4 is 5.69 Å². The summed E-state index contributed by atoms with van der Waals surface area (Å²) in [5, 5.41) is 9.15. The summed E-state index contributed by atoms with van der Waals surface area (Å²) in [6.07, 6.45) is 0.0891. The van der Waals surface area contributed by atoms with E-state index in [2.05, 4.69) is 0 Å². The first kappa shape index (κ1) is 8.71. The Balaban J connectivity index is 2.85. The van der Waals surface area contributed by atoms with E-state index < -0.39 is 0 Å². The van der Waals surface area contributed by atoms with Gasteiger partial charge in [0.05, 0.1) is 6.10 Å². The lowest BCUT2D eigenvalue weighted by Gasteiger charge is -2.10. The molecule has 0 aliphatic heterocycles. The van der Waals surface area contributed by atoms with E-state index in [-0.39, 0.29) is 11.9 Å². The highest BCUT2D eigenvalue weighted by atomic mass is 16.5. The molecule has 0 aliphatic rings. The van der Waals surface area contributed by atoms with Gasteiger partial charge in [0, 0.05) is 23.9 Å². The number of hydrogen-bond acceptors (Lipinski definition) is 3. The van der Waals surface area contributed by atoms with Crippen LogP contribution in [0, 0.1) is 0 Å². The zero-order valence-corrected chi connectivity index (χ0v) is 7.24. The van der Waals surface area contributed by atoms with Crippen molar-refractivity contribution in [2.45, 2.75) is 20.0 Å². The summed E-state index contributed by atoms with van der Waals surface area (Å²) in [6, 6.07) is 4.70. The number of phenols is 1. The van der Waals surface area contributed by atoms with Crippen LogP contribution in [0.15, 0.2) is 18.2 Å². The molecule has 0 saturated carbocycles. The number of hydrogen-bond donors (Lipinski definition) is 2. The molecule has 3 heteroatoms. The molecule has 0 saturated heterocycles. The van der Waals surface area contributed by atoms with Crippen LogP contribution < -0.4 is 10.5 Å². The lowest BCUT2D eigenvalue weighted by molar-refractivity contribution is 0.241. The van der Waals surface area contributed by atoms with E-state index in [9.17, 15) is 0 Å². The predicted molar refractivity (Wildman–Crippen MR) is 48.3 cm³/mol. The van der Waals surface area contributed by atoms with Gasteiger partial charge in [0.25, 0.3) is 0 Å². The Bertz CT molecular complexity index is 251. The molecule has 1 aromatic carbocycles. The van der Waals surface area contributed by atoms with Gasteiger partial charge in [-0.3, -0.25) is 0 Å². The number of rotatable bonds is 2. The summed E-state index contributed by atoms with van der Waals surface area (Å²) in [7, 11) is 0. The van der Waals surface area contributed by atoms with E-state index in [1.54, 1.807) is 6.07 Å². The minimum absolute atomic E-state index is 0.0891. The third kappa shape index (κ3) is 2.34. The van der Waals surface area contributed by atoms with Crippen molar-refractivity contribution in [2.24, 2.45) is 0 Å². The van der Waals surface area contributed by atoms with Gasteiger partial charge in [0.2, 0.25) is 0 Å². The largest absolute Gasteiger partial charge is 0.508 e. The molecule has 0 radical (unpaired) electrons. The first-order chi connectivity index (χ1) is 5.58. The average molecular weight is 167 g/mol. The van der Waals surface area contributed by atoms with Crippen molar-refractivity contribution in [3.63, 3.8) is 0 Å². The normalized spacial score (nSPS) is 10.2. The fraction of sp³-hybridized carbons (Fsp3) is 0.333. The molecule has 12 heavy (non-hydrogen) atoms. The molecule has 1 aromatic rings. The Labute approximate surface area is 71.8 Å². The van der Waals surface area contributed by atoms with Crippen molar-refractivity contribution < 1.29 is 9.84 Å². The van der Waals surface area contributed by atoms with E-state index in [0.717, 1.165) is 0 Å². The molecule has 3 nitrogen and oxygen atoms in total. The van der Waals surface area contributed by atoms with Crippen LogP contribution >= 0.6 is 0 Å². The van der Waals surface area contributed by atoms with Gasteiger partial charge < -0.3 is 15.6 Å². The lowest BCUT2D eigenvalue weighted by Crippen LogP contribution is -2.05. The molecule has 0 fully saturated rings. The summed E-state index contributed by atoms with van der Waals surface area (Å²) < 4.78 is 5.34. The third-order valence-electron chi connectivity index (χ3n) is 1.29. The number of nitrogen functional groups attached to an aromatic ring is 1. The van der Waals surface area contributed by atoms with Crippen LogP contribution in [0.5, 0.6) is 11.5 Å². The fourth-order valence-corrected chi connectivity index (χ4v) is 0.946. The van der Waals surface area contributed by atoms with Gasteiger partial charge in [-0.15, -0.1) is 0 Å². The maximum atomic E-state index is 9.15. The molecule has 0 atom stereocenters. The number of nitrogens with two attached hydrogens (primary N) is 1. The maximum Gasteiger partial charge on any atom is 0.125 e. The molecule has 0 unspecified atom stereocenters. The van der Waals surface area contributed by atoms with Gasteiger partial charge >= 0.3 is 0 Å². The monoisotopic (exact) mass is 167 g/mol. The van der Waals surface area contributed by atoms with Gasteiger partial charge in [-0.05, 0) is 13.8 Å². The molecular weight excluding hydrogens is 154 g/mol. The van der Waals surface area contributed by atoms with Crippen molar-refractivity contribution in [2.75, 3.05) is 5.73 Å². The molecule has 0 aromatic heterocycles. The van der Waals surface area contributed by atoms with Crippen LogP contribution in [0.2, 0.25) is 0 Å². The Kier molecular flexibility index (Phi) is 2.43. The van der Waals surface area contributed by atoms with Crippen LogP contribution in [-0.4, -0.2) is 11.2 Å². The maximum absolute atomic E-state index is 9.15. The molecule has 0 amide bonds. The molecule has 0 aliphatic carbocycles. The topological polar surface area (TPSA) is 55.5 Å². The summed E-state index contributed by atoms with van der Waals surface area (Å²) in [5.41, 5.74) is 6.00. The predicted octanol–water partition coefficient (Wildman–Crippen LogP) is 1.76. The van der Waals surface area contributed by atoms with Crippen LogP contribution in [-0.2, 0) is 0 Å². The minimum Gasteiger partial charge on any atom is -0.508 e. The summed E-state index contributed by atoms with van der Waals surface area (Å²) >= 11 is 0. The zero-order chi connectivity index (χ0) is 9.14. The van der Waals surface area contributed by atoms with Crippen molar-refractivity contribution in [3.8, 4) is 11.5 Å². The van der Waals surface area contributed by atoms with Gasteiger partial charge in [-0.25, -0.2) is 0 Å². The van der Waals surface area contributed by atoms with E-state index in [1.807, 2.05) is 13.8 Å². The SMILES string of the molecule is CC(C)Oc1cc(N)cc(O)c1.